The Morgan fingerprint density at radius 1 is 0.766 bits per heavy atom. The Morgan fingerprint density at radius 2 is 1.32 bits per heavy atom. The van der Waals surface area contributed by atoms with Crippen LogP contribution in [0.2, 0.25) is 0 Å². The van der Waals surface area contributed by atoms with Crippen molar-refractivity contribution >= 4 is 41.5 Å². The predicted octanol–water partition coefficient (Wildman–Crippen LogP) is -1.97. The van der Waals surface area contributed by atoms with E-state index in [1.807, 2.05) is 0 Å². The van der Waals surface area contributed by atoms with Gasteiger partial charge in [0.25, 0.3) is 11.8 Å². The Labute approximate surface area is 273 Å². The minimum Gasteiger partial charge on any atom is -0.480 e. The van der Waals surface area contributed by atoms with Crippen molar-refractivity contribution in [2.24, 2.45) is 11.7 Å². The van der Waals surface area contributed by atoms with Gasteiger partial charge in [-0.25, -0.2) is 9.59 Å². The molecule has 7 N–H and O–H groups in total. The molecule has 2 atom stereocenters. The number of urea groups is 1. The third-order valence-corrected chi connectivity index (χ3v) is 6.47. The second-order valence-electron chi connectivity index (χ2n) is 10.6. The van der Waals surface area contributed by atoms with Crippen LogP contribution in [0.5, 0.6) is 0 Å². The Morgan fingerprint density at radius 3 is 1.85 bits per heavy atom. The lowest BCUT2D eigenvalue weighted by Gasteiger charge is -2.24. The lowest BCUT2D eigenvalue weighted by Crippen LogP contribution is -2.53. The van der Waals surface area contributed by atoms with Crippen molar-refractivity contribution in [3.63, 3.8) is 0 Å². The van der Waals surface area contributed by atoms with E-state index >= 15 is 0 Å². The first-order valence-electron chi connectivity index (χ1n) is 15.4. The van der Waals surface area contributed by atoms with E-state index in [0.717, 1.165) is 4.90 Å². The zero-order chi connectivity index (χ0) is 35.0. The number of carboxylic acid groups (broad SMARTS) is 1. The molecule has 0 aromatic heterocycles. The quantitative estimate of drug-likeness (QED) is 0.0411. The number of nitrogens with one attached hydrogen (secondary N) is 4. The van der Waals surface area contributed by atoms with Gasteiger partial charge in [-0.1, -0.05) is 13.8 Å². The number of aliphatic carboxylic acids is 1. The normalized spacial score (nSPS) is 13.8. The van der Waals surface area contributed by atoms with Crippen LogP contribution >= 0.6 is 0 Å². The van der Waals surface area contributed by atoms with Crippen molar-refractivity contribution in [1.82, 2.24) is 26.2 Å². The third-order valence-electron chi connectivity index (χ3n) is 6.47. The van der Waals surface area contributed by atoms with Crippen LogP contribution in [0.25, 0.3) is 0 Å². The Bertz CT molecular complexity index is 1050. The molecule has 0 bridgehead atoms. The molecule has 0 spiro atoms. The van der Waals surface area contributed by atoms with Gasteiger partial charge in [-0.3, -0.25) is 28.9 Å². The number of carboxylic acids is 1. The van der Waals surface area contributed by atoms with Crippen LogP contribution in [-0.4, -0.2) is 136 Å². The van der Waals surface area contributed by atoms with Gasteiger partial charge in [0.1, 0.15) is 12.1 Å². The number of hydrogen-bond acceptors (Lipinski definition) is 11. The highest BCUT2D eigenvalue weighted by Crippen LogP contribution is 2.06. The standard InChI is InChI=1S/C29H48N6O12/c1-20(2)26(27(40)33-21(28(41)42)4-3-9-32-29(30)43)34-23(37)8-12-44-14-16-46-18-19-47-17-15-45-13-10-31-22(36)7-11-35-24(38)5-6-25(35)39/h5-6,20-21,26H,3-4,7-19H2,1-2H3,(H,31,36)(H,33,40)(H,34,37)(H,41,42)(H3,30,32,43)/t21-,26-/m0/s1. The molecule has 266 valence electrons. The van der Waals surface area contributed by atoms with Crippen LogP contribution < -0.4 is 27.0 Å². The van der Waals surface area contributed by atoms with Crippen molar-refractivity contribution in [1.29, 1.82) is 0 Å². The summed E-state index contributed by atoms with van der Waals surface area (Å²) in [5.41, 5.74) is 4.98. The van der Waals surface area contributed by atoms with Crippen molar-refractivity contribution in [3.8, 4) is 0 Å². The molecule has 0 aromatic carbocycles. The molecule has 0 unspecified atom stereocenters. The van der Waals surface area contributed by atoms with E-state index in [4.69, 9.17) is 24.7 Å². The number of hydrogen-bond donors (Lipinski definition) is 6. The van der Waals surface area contributed by atoms with Gasteiger partial charge in [0.2, 0.25) is 17.7 Å². The number of carbonyl (C=O) groups is 7. The molecule has 0 aliphatic carbocycles. The average Bonchev–Trinajstić information content (AvgIpc) is 3.33. The van der Waals surface area contributed by atoms with Gasteiger partial charge < -0.3 is 51.1 Å². The molecule has 0 saturated carbocycles. The molecule has 1 heterocycles. The van der Waals surface area contributed by atoms with Gasteiger partial charge in [0.05, 0.1) is 52.9 Å². The number of imide groups is 1. The van der Waals surface area contributed by atoms with E-state index in [9.17, 15) is 38.7 Å². The van der Waals surface area contributed by atoms with E-state index in [1.54, 1.807) is 13.8 Å². The van der Waals surface area contributed by atoms with E-state index in [0.29, 0.717) is 26.4 Å². The minimum absolute atomic E-state index is 0.0111. The highest BCUT2D eigenvalue weighted by molar-refractivity contribution is 6.13. The van der Waals surface area contributed by atoms with Crippen molar-refractivity contribution in [2.75, 3.05) is 72.5 Å². The Hall–Kier alpha value is -4.13. The number of nitrogens with zero attached hydrogens (tertiary/aromatic N) is 1. The first-order chi connectivity index (χ1) is 22.4. The van der Waals surface area contributed by atoms with Gasteiger partial charge >= 0.3 is 12.0 Å². The zero-order valence-corrected chi connectivity index (χ0v) is 27.0. The number of ether oxygens (including phenoxy) is 4. The van der Waals surface area contributed by atoms with Crippen LogP contribution in [0, 0.1) is 5.92 Å². The van der Waals surface area contributed by atoms with Crippen LogP contribution in [-0.2, 0) is 47.7 Å². The fourth-order valence-corrected chi connectivity index (χ4v) is 3.96. The number of carbonyl (C=O) groups excluding carboxylic acids is 6. The molecular weight excluding hydrogens is 624 g/mol. The summed E-state index contributed by atoms with van der Waals surface area (Å²) in [6.45, 7) is 6.10. The van der Waals surface area contributed by atoms with Gasteiger partial charge in [0, 0.05) is 44.6 Å². The van der Waals surface area contributed by atoms with Crippen LogP contribution in [0.15, 0.2) is 12.2 Å². The lowest BCUT2D eigenvalue weighted by atomic mass is 10.0. The van der Waals surface area contributed by atoms with Gasteiger partial charge in [-0.05, 0) is 18.8 Å². The largest absolute Gasteiger partial charge is 0.480 e. The molecule has 1 aliphatic rings. The summed E-state index contributed by atoms with van der Waals surface area (Å²) < 4.78 is 21.6. The average molecular weight is 673 g/mol. The van der Waals surface area contributed by atoms with E-state index in [2.05, 4.69) is 21.3 Å². The number of rotatable bonds is 27. The van der Waals surface area contributed by atoms with Crippen molar-refractivity contribution in [3.05, 3.63) is 12.2 Å². The molecule has 1 rings (SSSR count). The predicted molar refractivity (Wildman–Crippen MR) is 165 cm³/mol. The maximum atomic E-state index is 12.7. The van der Waals surface area contributed by atoms with Crippen molar-refractivity contribution in [2.45, 2.75) is 51.6 Å². The Kier molecular flexibility index (Phi) is 21.0. The fourth-order valence-electron chi connectivity index (χ4n) is 3.96. The molecule has 18 nitrogen and oxygen atoms in total. The molecule has 0 fully saturated rings. The molecule has 18 heteroatoms. The molecule has 1 aliphatic heterocycles. The fraction of sp³-hybridized carbons (Fsp3) is 0.690. The molecule has 0 saturated heterocycles. The second-order valence-corrected chi connectivity index (χ2v) is 10.6. The van der Waals surface area contributed by atoms with Crippen molar-refractivity contribution < 1.29 is 57.6 Å². The summed E-state index contributed by atoms with van der Waals surface area (Å²) >= 11 is 0. The van der Waals surface area contributed by atoms with Crippen LogP contribution in [0.4, 0.5) is 4.79 Å². The summed E-state index contributed by atoms with van der Waals surface area (Å²) in [5.74, 6) is -3.74. The molecule has 47 heavy (non-hydrogen) atoms. The highest BCUT2D eigenvalue weighted by Gasteiger charge is 2.28. The maximum absolute atomic E-state index is 12.7. The summed E-state index contributed by atoms with van der Waals surface area (Å²) in [6, 6.07) is -2.87. The van der Waals surface area contributed by atoms with Gasteiger partial charge in [0.15, 0.2) is 0 Å². The smallest absolute Gasteiger partial charge is 0.326 e. The zero-order valence-electron chi connectivity index (χ0n) is 27.0. The number of nitrogens with two attached hydrogens (primary N) is 1. The summed E-state index contributed by atoms with van der Waals surface area (Å²) in [4.78, 5) is 83.0. The monoisotopic (exact) mass is 672 g/mol. The van der Waals surface area contributed by atoms with Crippen LogP contribution in [0.1, 0.15) is 39.5 Å². The topological polar surface area (TPSA) is 254 Å². The van der Waals surface area contributed by atoms with Gasteiger partial charge in [-0.15, -0.1) is 0 Å². The minimum atomic E-state index is -1.23. The summed E-state index contributed by atoms with van der Waals surface area (Å²) in [6.07, 6.45) is 2.69. The molecule has 0 radical (unpaired) electrons. The SMILES string of the molecule is CC(C)[C@H](NC(=O)CCOCCOCCOCCOCCNC(=O)CCN1C(=O)C=CC1=O)C(=O)N[C@@H](CCCNC(N)=O)C(=O)O. The van der Waals surface area contributed by atoms with E-state index in [1.165, 1.54) is 12.2 Å². The van der Waals surface area contributed by atoms with Crippen LogP contribution in [0.3, 0.4) is 0 Å². The number of amides is 7. The van der Waals surface area contributed by atoms with E-state index in [-0.39, 0.29) is 83.6 Å². The molecule has 0 aromatic rings. The summed E-state index contributed by atoms with van der Waals surface area (Å²) in [7, 11) is 0. The third kappa shape index (κ3) is 19.2. The Balaban J connectivity index is 2.03. The first kappa shape index (κ1) is 40.9. The first-order valence-corrected chi connectivity index (χ1v) is 15.4. The summed E-state index contributed by atoms with van der Waals surface area (Å²) in [5, 5.41) is 19.5. The second kappa shape index (κ2) is 24.1. The maximum Gasteiger partial charge on any atom is 0.326 e. The number of primary amides is 1. The lowest BCUT2D eigenvalue weighted by molar-refractivity contribution is -0.142. The highest BCUT2D eigenvalue weighted by atomic mass is 16.6. The van der Waals surface area contributed by atoms with E-state index < -0.39 is 47.7 Å². The van der Waals surface area contributed by atoms with Gasteiger partial charge in [-0.2, -0.15) is 0 Å². The molecule has 7 amide bonds. The molecular formula is C29H48N6O12.